The Kier molecular flexibility index (Phi) is 6.24. The van der Waals surface area contributed by atoms with Gasteiger partial charge >= 0.3 is 0 Å². The maximum Gasteiger partial charge on any atom is 0.258 e. The van der Waals surface area contributed by atoms with Crippen LogP contribution in [0.2, 0.25) is 0 Å². The lowest BCUT2D eigenvalue weighted by Crippen LogP contribution is -2.37. The van der Waals surface area contributed by atoms with Gasteiger partial charge in [-0.1, -0.05) is 15.9 Å². The summed E-state index contributed by atoms with van der Waals surface area (Å²) in [6, 6.07) is 4.19. The minimum Gasteiger partial charge on any atom is -0.481 e. The zero-order valence-corrected chi connectivity index (χ0v) is 12.4. The summed E-state index contributed by atoms with van der Waals surface area (Å²) in [5.74, 6) is -0.851. The molecule has 0 spiro atoms. The summed E-state index contributed by atoms with van der Waals surface area (Å²) < 4.78 is 19.1. The molecule has 0 fully saturated rings. The maximum atomic E-state index is 13.4. The summed E-state index contributed by atoms with van der Waals surface area (Å²) in [7, 11) is 0. The second-order valence-electron chi connectivity index (χ2n) is 4.42. The van der Waals surface area contributed by atoms with Crippen LogP contribution in [-0.4, -0.2) is 29.8 Å². The average Bonchev–Trinajstić information content (AvgIpc) is 2.26. The molecule has 19 heavy (non-hydrogen) atoms. The van der Waals surface area contributed by atoms with Crippen molar-refractivity contribution in [3.8, 4) is 5.75 Å². The summed E-state index contributed by atoms with van der Waals surface area (Å²) >= 11 is 3.13. The van der Waals surface area contributed by atoms with Gasteiger partial charge < -0.3 is 15.2 Å². The molecule has 0 bridgehead atoms. The topological polar surface area (TPSA) is 58.6 Å². The smallest absolute Gasteiger partial charge is 0.258 e. The first kappa shape index (κ1) is 15.9. The quantitative estimate of drug-likeness (QED) is 0.839. The third-order valence-corrected chi connectivity index (χ3v) is 2.85. The van der Waals surface area contributed by atoms with E-state index in [9.17, 15) is 9.18 Å². The fraction of sp³-hybridized carbons (Fsp3) is 0.462. The van der Waals surface area contributed by atoms with Gasteiger partial charge in [-0.25, -0.2) is 4.39 Å². The molecule has 2 unspecified atom stereocenters. The highest BCUT2D eigenvalue weighted by atomic mass is 79.9. The van der Waals surface area contributed by atoms with Crippen molar-refractivity contribution < 1.29 is 19.0 Å². The molecular weight excluding hydrogens is 317 g/mol. The van der Waals surface area contributed by atoms with Crippen LogP contribution in [-0.2, 0) is 4.79 Å². The normalized spacial score (nSPS) is 13.7. The predicted molar refractivity (Wildman–Crippen MR) is 73.5 cm³/mol. The molecule has 0 saturated heterocycles. The Morgan fingerprint density at radius 3 is 2.79 bits per heavy atom. The molecule has 106 valence electrons. The molecule has 1 aromatic rings. The third kappa shape index (κ3) is 6.02. The van der Waals surface area contributed by atoms with E-state index in [0.717, 1.165) is 0 Å². The summed E-state index contributed by atoms with van der Waals surface area (Å²) in [4.78, 5) is 11.5. The van der Waals surface area contributed by atoms with Crippen LogP contribution < -0.4 is 10.1 Å². The standard InChI is InChI=1S/C13H17BrFNO3/c1-8(5-9(2)17)16-13(18)7-19-12-4-3-10(14)6-11(12)15/h3-4,6,8-9,17H,5,7H2,1-2H3,(H,16,18). The molecule has 2 N–H and O–H groups in total. The number of rotatable bonds is 6. The van der Waals surface area contributed by atoms with Gasteiger partial charge in [0.2, 0.25) is 0 Å². The van der Waals surface area contributed by atoms with Gasteiger partial charge in [0.05, 0.1) is 6.10 Å². The Hall–Kier alpha value is -1.14. The van der Waals surface area contributed by atoms with Crippen molar-refractivity contribution in [1.82, 2.24) is 5.32 Å². The van der Waals surface area contributed by atoms with E-state index >= 15 is 0 Å². The number of aliphatic hydroxyl groups is 1. The van der Waals surface area contributed by atoms with Gasteiger partial charge in [-0.2, -0.15) is 0 Å². The Morgan fingerprint density at radius 1 is 1.53 bits per heavy atom. The van der Waals surface area contributed by atoms with Crippen molar-refractivity contribution in [1.29, 1.82) is 0 Å². The molecule has 1 aromatic carbocycles. The number of hydrogen-bond acceptors (Lipinski definition) is 3. The van der Waals surface area contributed by atoms with E-state index < -0.39 is 11.9 Å². The molecule has 0 saturated carbocycles. The van der Waals surface area contributed by atoms with Crippen molar-refractivity contribution >= 4 is 21.8 Å². The summed E-state index contributed by atoms with van der Waals surface area (Å²) in [6.45, 7) is 3.17. The number of ether oxygens (including phenoxy) is 1. The molecule has 0 aliphatic carbocycles. The first-order valence-corrected chi connectivity index (χ1v) is 6.73. The zero-order chi connectivity index (χ0) is 14.4. The van der Waals surface area contributed by atoms with Gasteiger partial charge in [0, 0.05) is 10.5 Å². The van der Waals surface area contributed by atoms with Crippen LogP contribution >= 0.6 is 15.9 Å². The van der Waals surface area contributed by atoms with E-state index in [2.05, 4.69) is 21.2 Å². The highest BCUT2D eigenvalue weighted by molar-refractivity contribution is 9.10. The van der Waals surface area contributed by atoms with Crippen molar-refractivity contribution in [2.45, 2.75) is 32.4 Å². The Balaban J connectivity index is 2.41. The minimum absolute atomic E-state index is 0.0292. The van der Waals surface area contributed by atoms with Crippen molar-refractivity contribution in [3.05, 3.63) is 28.5 Å². The van der Waals surface area contributed by atoms with E-state index in [1.807, 2.05) is 0 Å². The van der Waals surface area contributed by atoms with Crippen molar-refractivity contribution in [3.63, 3.8) is 0 Å². The molecule has 0 aliphatic heterocycles. The number of halogens is 2. The number of benzene rings is 1. The summed E-state index contributed by atoms with van der Waals surface area (Å²) in [6.07, 6.45) is -0.0293. The molecule has 6 heteroatoms. The third-order valence-electron chi connectivity index (χ3n) is 2.35. The van der Waals surface area contributed by atoms with Crippen LogP contribution in [0, 0.1) is 5.82 Å². The molecular formula is C13H17BrFNO3. The first-order chi connectivity index (χ1) is 8.88. The molecule has 0 heterocycles. The molecule has 1 rings (SSSR count). The SMILES string of the molecule is CC(O)CC(C)NC(=O)COc1ccc(Br)cc1F. The lowest BCUT2D eigenvalue weighted by atomic mass is 10.1. The molecule has 0 radical (unpaired) electrons. The van der Waals surface area contributed by atoms with E-state index in [4.69, 9.17) is 9.84 Å². The minimum atomic E-state index is -0.529. The van der Waals surface area contributed by atoms with Crippen LogP contribution in [0.25, 0.3) is 0 Å². The number of nitrogens with one attached hydrogen (secondary N) is 1. The highest BCUT2D eigenvalue weighted by Gasteiger charge is 2.11. The maximum absolute atomic E-state index is 13.4. The monoisotopic (exact) mass is 333 g/mol. The van der Waals surface area contributed by atoms with Crippen LogP contribution in [0.4, 0.5) is 4.39 Å². The van der Waals surface area contributed by atoms with Gasteiger partial charge in [0.25, 0.3) is 5.91 Å². The second kappa shape index (κ2) is 7.45. The van der Waals surface area contributed by atoms with Gasteiger partial charge in [0.15, 0.2) is 18.2 Å². The lowest BCUT2D eigenvalue weighted by Gasteiger charge is -2.15. The molecule has 0 aliphatic rings. The zero-order valence-electron chi connectivity index (χ0n) is 10.8. The van der Waals surface area contributed by atoms with Crippen LogP contribution in [0.1, 0.15) is 20.3 Å². The molecule has 4 nitrogen and oxygen atoms in total. The number of amides is 1. The number of hydrogen-bond donors (Lipinski definition) is 2. The second-order valence-corrected chi connectivity index (χ2v) is 5.33. The highest BCUT2D eigenvalue weighted by Crippen LogP contribution is 2.21. The number of carbonyl (C=O) groups is 1. The van der Waals surface area contributed by atoms with E-state index in [1.165, 1.54) is 12.1 Å². The van der Waals surface area contributed by atoms with Crippen LogP contribution in [0.5, 0.6) is 5.75 Å². The molecule has 1 amide bonds. The Morgan fingerprint density at radius 2 is 2.21 bits per heavy atom. The lowest BCUT2D eigenvalue weighted by molar-refractivity contribution is -0.123. The Bertz CT molecular complexity index is 440. The number of aliphatic hydroxyl groups excluding tert-OH is 1. The number of carbonyl (C=O) groups excluding carboxylic acids is 1. The summed E-state index contributed by atoms with van der Waals surface area (Å²) in [5.41, 5.74) is 0. The van der Waals surface area contributed by atoms with Crippen LogP contribution in [0.15, 0.2) is 22.7 Å². The molecule has 0 aromatic heterocycles. The van der Waals surface area contributed by atoms with Gasteiger partial charge in [-0.05, 0) is 38.5 Å². The predicted octanol–water partition coefficient (Wildman–Crippen LogP) is 2.24. The largest absolute Gasteiger partial charge is 0.481 e. The van der Waals surface area contributed by atoms with Gasteiger partial charge in [-0.15, -0.1) is 0 Å². The van der Waals surface area contributed by atoms with Crippen LogP contribution in [0.3, 0.4) is 0 Å². The van der Waals surface area contributed by atoms with E-state index in [0.29, 0.717) is 10.9 Å². The summed E-state index contributed by atoms with van der Waals surface area (Å²) in [5, 5.41) is 11.8. The first-order valence-electron chi connectivity index (χ1n) is 5.93. The Labute approximate surface area is 120 Å². The van der Waals surface area contributed by atoms with Crippen molar-refractivity contribution in [2.24, 2.45) is 0 Å². The fourth-order valence-electron chi connectivity index (χ4n) is 1.62. The van der Waals surface area contributed by atoms with E-state index in [1.54, 1.807) is 19.9 Å². The fourth-order valence-corrected chi connectivity index (χ4v) is 1.96. The van der Waals surface area contributed by atoms with E-state index in [-0.39, 0.29) is 24.3 Å². The average molecular weight is 334 g/mol. The molecule has 2 atom stereocenters. The van der Waals surface area contributed by atoms with Gasteiger partial charge in [0.1, 0.15) is 0 Å². The van der Waals surface area contributed by atoms with Crippen molar-refractivity contribution in [2.75, 3.05) is 6.61 Å². The van der Waals surface area contributed by atoms with Gasteiger partial charge in [-0.3, -0.25) is 4.79 Å².